The number of nitrogens with zero attached hydrogens (tertiary/aromatic N) is 2. The fraction of sp³-hybridized carbons (Fsp3) is 0.765. The minimum absolute atomic E-state index is 0.815. The number of anilines is 2. The summed E-state index contributed by atoms with van der Waals surface area (Å²) in [5, 5.41) is 7.03. The van der Waals surface area contributed by atoms with Crippen molar-refractivity contribution in [1.82, 2.24) is 9.97 Å². The van der Waals surface area contributed by atoms with Gasteiger partial charge in [0.05, 0.1) is 0 Å². The second kappa shape index (κ2) is 8.85. The zero-order chi connectivity index (χ0) is 14.9. The molecular weight excluding hydrogens is 260 g/mol. The van der Waals surface area contributed by atoms with Crippen LogP contribution in [0, 0.1) is 5.92 Å². The lowest BCUT2D eigenvalue weighted by Gasteiger charge is -2.23. The van der Waals surface area contributed by atoms with E-state index in [-0.39, 0.29) is 0 Å². The summed E-state index contributed by atoms with van der Waals surface area (Å²) in [7, 11) is 0. The van der Waals surface area contributed by atoms with Crippen molar-refractivity contribution in [2.24, 2.45) is 5.92 Å². The van der Waals surface area contributed by atoms with Gasteiger partial charge in [-0.3, -0.25) is 0 Å². The third-order valence-electron chi connectivity index (χ3n) is 4.27. The van der Waals surface area contributed by atoms with Gasteiger partial charge in [-0.05, 0) is 31.6 Å². The van der Waals surface area contributed by atoms with Crippen LogP contribution in [0.2, 0.25) is 0 Å². The highest BCUT2D eigenvalue weighted by Crippen LogP contribution is 2.26. The number of rotatable bonds is 8. The average molecular weight is 290 g/mol. The molecule has 0 bridgehead atoms. The quantitative estimate of drug-likeness (QED) is 0.751. The monoisotopic (exact) mass is 290 g/mol. The van der Waals surface area contributed by atoms with Gasteiger partial charge in [0.2, 0.25) is 0 Å². The lowest BCUT2D eigenvalue weighted by Crippen LogP contribution is -2.19. The van der Waals surface area contributed by atoms with Crippen LogP contribution in [-0.4, -0.2) is 23.1 Å². The summed E-state index contributed by atoms with van der Waals surface area (Å²) >= 11 is 0. The average Bonchev–Trinajstić information content (AvgIpc) is 2.53. The van der Waals surface area contributed by atoms with E-state index in [1.807, 2.05) is 0 Å². The van der Waals surface area contributed by atoms with Gasteiger partial charge in [0.1, 0.15) is 18.0 Å². The number of aromatic nitrogens is 2. The fourth-order valence-corrected chi connectivity index (χ4v) is 3.08. The summed E-state index contributed by atoms with van der Waals surface area (Å²) in [6, 6.07) is 0. The molecule has 0 radical (unpaired) electrons. The van der Waals surface area contributed by atoms with Gasteiger partial charge in [-0.15, -0.1) is 0 Å². The molecule has 0 spiro atoms. The smallest absolute Gasteiger partial charge is 0.134 e. The van der Waals surface area contributed by atoms with E-state index in [0.717, 1.165) is 49.9 Å². The Morgan fingerprint density at radius 3 is 2.38 bits per heavy atom. The number of hydrogen-bond acceptors (Lipinski definition) is 4. The van der Waals surface area contributed by atoms with Crippen LogP contribution in [0.3, 0.4) is 0 Å². The van der Waals surface area contributed by atoms with Crippen LogP contribution in [0.25, 0.3) is 0 Å². The first-order valence-electron chi connectivity index (χ1n) is 8.66. The number of hydrogen-bond donors (Lipinski definition) is 2. The van der Waals surface area contributed by atoms with E-state index in [0.29, 0.717) is 0 Å². The highest BCUT2D eigenvalue weighted by atomic mass is 15.1. The molecule has 0 aliphatic heterocycles. The van der Waals surface area contributed by atoms with Gasteiger partial charge in [-0.2, -0.15) is 0 Å². The maximum Gasteiger partial charge on any atom is 0.134 e. The largest absolute Gasteiger partial charge is 0.370 e. The molecule has 0 unspecified atom stereocenters. The molecule has 21 heavy (non-hydrogen) atoms. The molecule has 1 aliphatic carbocycles. The zero-order valence-electron chi connectivity index (χ0n) is 13.6. The minimum Gasteiger partial charge on any atom is -0.370 e. The molecule has 4 heteroatoms. The van der Waals surface area contributed by atoms with Crippen LogP contribution in [-0.2, 0) is 6.42 Å². The third-order valence-corrected chi connectivity index (χ3v) is 4.27. The molecule has 1 aliphatic rings. The third kappa shape index (κ3) is 4.87. The van der Waals surface area contributed by atoms with Gasteiger partial charge in [-0.1, -0.05) is 39.5 Å². The maximum absolute atomic E-state index is 4.49. The van der Waals surface area contributed by atoms with Gasteiger partial charge >= 0.3 is 0 Å². The Hall–Kier alpha value is -1.32. The van der Waals surface area contributed by atoms with Gasteiger partial charge in [0.25, 0.3) is 0 Å². The van der Waals surface area contributed by atoms with Crippen LogP contribution in [0.1, 0.15) is 64.4 Å². The molecule has 1 heterocycles. The van der Waals surface area contributed by atoms with Gasteiger partial charge in [0.15, 0.2) is 0 Å². The van der Waals surface area contributed by atoms with Crippen LogP contribution in [0.15, 0.2) is 6.33 Å². The fourth-order valence-electron chi connectivity index (χ4n) is 3.08. The Morgan fingerprint density at radius 2 is 1.71 bits per heavy atom. The molecule has 0 amide bonds. The van der Waals surface area contributed by atoms with Crippen LogP contribution in [0.5, 0.6) is 0 Å². The van der Waals surface area contributed by atoms with Crippen molar-refractivity contribution in [1.29, 1.82) is 0 Å². The summed E-state index contributed by atoms with van der Waals surface area (Å²) in [6.07, 6.45) is 11.9. The molecule has 1 aromatic heterocycles. The van der Waals surface area contributed by atoms with Crippen molar-refractivity contribution in [3.63, 3.8) is 0 Å². The van der Waals surface area contributed by atoms with Crippen LogP contribution >= 0.6 is 0 Å². The summed E-state index contributed by atoms with van der Waals surface area (Å²) in [5.41, 5.74) is 1.25. The van der Waals surface area contributed by atoms with E-state index in [4.69, 9.17) is 0 Å². The molecule has 1 fully saturated rings. The summed E-state index contributed by atoms with van der Waals surface area (Å²) in [5.74, 6) is 2.87. The normalized spacial score (nSPS) is 15.9. The maximum atomic E-state index is 4.49. The lowest BCUT2D eigenvalue weighted by molar-refractivity contribution is 0.373. The van der Waals surface area contributed by atoms with E-state index >= 15 is 0 Å². The first-order valence-corrected chi connectivity index (χ1v) is 8.66. The first-order chi connectivity index (χ1) is 10.3. The van der Waals surface area contributed by atoms with Crippen LogP contribution < -0.4 is 10.6 Å². The Labute approximate surface area is 129 Å². The minimum atomic E-state index is 0.815. The van der Waals surface area contributed by atoms with Crippen molar-refractivity contribution in [2.75, 3.05) is 23.7 Å². The Bertz CT molecular complexity index is 413. The van der Waals surface area contributed by atoms with Crippen molar-refractivity contribution in [3.8, 4) is 0 Å². The lowest BCUT2D eigenvalue weighted by atomic mass is 9.89. The molecule has 0 aromatic carbocycles. The van der Waals surface area contributed by atoms with Gasteiger partial charge < -0.3 is 10.6 Å². The van der Waals surface area contributed by atoms with E-state index < -0.39 is 0 Å². The summed E-state index contributed by atoms with van der Waals surface area (Å²) in [4.78, 5) is 8.92. The molecule has 4 nitrogen and oxygen atoms in total. The predicted molar refractivity (Wildman–Crippen MR) is 89.9 cm³/mol. The van der Waals surface area contributed by atoms with Crippen LogP contribution in [0.4, 0.5) is 11.6 Å². The Morgan fingerprint density at radius 1 is 1.00 bits per heavy atom. The SMILES string of the molecule is CCCNc1ncnc(NCC2CCCCC2)c1CCC. The molecule has 1 saturated carbocycles. The van der Waals surface area contributed by atoms with Crippen molar-refractivity contribution >= 4 is 11.6 Å². The summed E-state index contributed by atoms with van der Waals surface area (Å²) in [6.45, 7) is 6.41. The Kier molecular flexibility index (Phi) is 6.77. The predicted octanol–water partition coefficient (Wildman–Crippen LogP) is 4.24. The second-order valence-electron chi connectivity index (χ2n) is 6.11. The molecule has 2 rings (SSSR count). The molecule has 2 N–H and O–H groups in total. The highest BCUT2D eigenvalue weighted by molar-refractivity contribution is 5.57. The van der Waals surface area contributed by atoms with Crippen molar-refractivity contribution < 1.29 is 0 Å². The molecule has 0 saturated heterocycles. The number of nitrogens with one attached hydrogen (secondary N) is 2. The van der Waals surface area contributed by atoms with Crippen molar-refractivity contribution in [3.05, 3.63) is 11.9 Å². The summed E-state index contributed by atoms with van der Waals surface area (Å²) < 4.78 is 0. The van der Waals surface area contributed by atoms with E-state index in [2.05, 4.69) is 34.4 Å². The molecule has 118 valence electrons. The highest BCUT2D eigenvalue weighted by Gasteiger charge is 2.15. The van der Waals surface area contributed by atoms with Gasteiger partial charge in [0, 0.05) is 18.7 Å². The first kappa shape index (κ1) is 16.1. The molecule has 0 atom stereocenters. The standard InChI is InChI=1S/C17H30N4/c1-3-8-15-16(18-11-4-2)20-13-21-17(15)19-12-14-9-6-5-7-10-14/h13-14H,3-12H2,1-2H3,(H2,18,19,20,21). The van der Waals surface area contributed by atoms with Gasteiger partial charge in [-0.25, -0.2) is 9.97 Å². The van der Waals surface area contributed by atoms with E-state index in [1.165, 1.54) is 37.7 Å². The Balaban J connectivity index is 2.02. The van der Waals surface area contributed by atoms with Crippen molar-refractivity contribution in [2.45, 2.75) is 65.2 Å². The second-order valence-corrected chi connectivity index (χ2v) is 6.11. The zero-order valence-corrected chi connectivity index (χ0v) is 13.6. The van der Waals surface area contributed by atoms with E-state index in [9.17, 15) is 0 Å². The molecular formula is C17H30N4. The van der Waals surface area contributed by atoms with E-state index in [1.54, 1.807) is 6.33 Å². The molecule has 1 aromatic rings. The topological polar surface area (TPSA) is 49.8 Å².